The first-order chi connectivity index (χ1) is 10.5. The van der Waals surface area contributed by atoms with Crippen LogP contribution in [0.15, 0.2) is 42.5 Å². The first-order valence-electron chi connectivity index (χ1n) is 6.99. The smallest absolute Gasteiger partial charge is 0.224 e. The van der Waals surface area contributed by atoms with Crippen LogP contribution in [0.5, 0.6) is 5.75 Å². The van der Waals surface area contributed by atoms with E-state index in [1.165, 1.54) is 6.07 Å². The minimum atomic E-state index is -0.986. The van der Waals surface area contributed by atoms with Crippen molar-refractivity contribution < 1.29 is 18.3 Å². The molecule has 0 spiro atoms. The summed E-state index contributed by atoms with van der Waals surface area (Å²) < 4.78 is 31.3. The van der Waals surface area contributed by atoms with Gasteiger partial charge >= 0.3 is 0 Å². The van der Waals surface area contributed by atoms with Crippen LogP contribution in [-0.2, 0) is 4.79 Å². The lowest BCUT2D eigenvalue weighted by atomic mass is 10.2. The molecule has 0 aliphatic heterocycles. The molecule has 0 unspecified atom stereocenters. The van der Waals surface area contributed by atoms with E-state index in [-0.39, 0.29) is 18.0 Å². The number of rotatable bonds is 6. The monoisotopic (exact) mass is 305 g/mol. The Morgan fingerprint density at radius 2 is 1.95 bits per heavy atom. The second-order valence-corrected chi connectivity index (χ2v) is 4.95. The van der Waals surface area contributed by atoms with Gasteiger partial charge in [0.25, 0.3) is 0 Å². The predicted octanol–water partition coefficient (Wildman–Crippen LogP) is 4.07. The van der Waals surface area contributed by atoms with Crippen LogP contribution in [0.3, 0.4) is 0 Å². The molecule has 1 amide bonds. The van der Waals surface area contributed by atoms with Gasteiger partial charge in [0.1, 0.15) is 5.75 Å². The van der Waals surface area contributed by atoms with Crippen molar-refractivity contribution in [2.45, 2.75) is 19.8 Å². The summed E-state index contributed by atoms with van der Waals surface area (Å²) in [5.74, 6) is -1.43. The summed E-state index contributed by atoms with van der Waals surface area (Å²) in [7, 11) is 0. The minimum Gasteiger partial charge on any atom is -0.494 e. The summed E-state index contributed by atoms with van der Waals surface area (Å²) in [6.45, 7) is 2.39. The maximum absolute atomic E-state index is 13.0. The first-order valence-corrected chi connectivity index (χ1v) is 6.99. The molecular weight excluding hydrogens is 288 g/mol. The number of benzene rings is 2. The molecule has 0 saturated heterocycles. The average Bonchev–Trinajstić information content (AvgIpc) is 2.48. The summed E-state index contributed by atoms with van der Waals surface area (Å²) in [6, 6.07) is 10.9. The fourth-order valence-corrected chi connectivity index (χ4v) is 1.93. The number of hydrogen-bond donors (Lipinski definition) is 1. The lowest BCUT2D eigenvalue weighted by Crippen LogP contribution is -2.13. The third kappa shape index (κ3) is 4.84. The first kappa shape index (κ1) is 15.9. The Morgan fingerprint density at radius 1 is 1.14 bits per heavy atom. The molecule has 0 atom stereocenters. The number of hydrogen-bond acceptors (Lipinski definition) is 2. The van der Waals surface area contributed by atoms with Crippen LogP contribution in [0, 0.1) is 18.6 Å². The van der Waals surface area contributed by atoms with Crippen LogP contribution in [0.2, 0.25) is 0 Å². The minimum absolute atomic E-state index is 0.239. The lowest BCUT2D eigenvalue weighted by Gasteiger charge is -2.08. The third-order valence-electron chi connectivity index (χ3n) is 3.01. The van der Waals surface area contributed by atoms with E-state index in [1.807, 2.05) is 31.2 Å². The summed E-state index contributed by atoms with van der Waals surface area (Å²) in [5.41, 5.74) is 1.34. The van der Waals surface area contributed by atoms with Crippen LogP contribution in [0.1, 0.15) is 18.4 Å². The van der Waals surface area contributed by atoms with Gasteiger partial charge in [-0.25, -0.2) is 8.78 Å². The Hall–Kier alpha value is -2.43. The van der Waals surface area contributed by atoms with Gasteiger partial charge in [-0.1, -0.05) is 12.1 Å². The Labute approximate surface area is 127 Å². The van der Waals surface area contributed by atoms with Gasteiger partial charge in [-0.15, -0.1) is 0 Å². The highest BCUT2D eigenvalue weighted by Crippen LogP contribution is 2.14. The molecule has 0 fully saturated rings. The molecule has 0 aliphatic carbocycles. The van der Waals surface area contributed by atoms with Crippen LogP contribution in [0.25, 0.3) is 0 Å². The van der Waals surface area contributed by atoms with E-state index in [1.54, 1.807) is 0 Å². The van der Waals surface area contributed by atoms with Gasteiger partial charge in [0.15, 0.2) is 11.6 Å². The van der Waals surface area contributed by atoms with E-state index in [4.69, 9.17) is 4.74 Å². The topological polar surface area (TPSA) is 38.3 Å². The lowest BCUT2D eigenvalue weighted by molar-refractivity contribution is -0.116. The quantitative estimate of drug-likeness (QED) is 0.817. The summed E-state index contributed by atoms with van der Waals surface area (Å²) in [5, 5.41) is 2.52. The predicted molar refractivity (Wildman–Crippen MR) is 80.9 cm³/mol. The molecule has 0 radical (unpaired) electrons. The van der Waals surface area contributed by atoms with Crippen molar-refractivity contribution in [1.29, 1.82) is 0 Å². The molecule has 22 heavy (non-hydrogen) atoms. The number of amides is 1. The van der Waals surface area contributed by atoms with Crippen molar-refractivity contribution in [2.24, 2.45) is 0 Å². The zero-order valence-electron chi connectivity index (χ0n) is 12.2. The third-order valence-corrected chi connectivity index (χ3v) is 3.01. The fraction of sp³-hybridized carbons (Fsp3) is 0.235. The fourth-order valence-electron chi connectivity index (χ4n) is 1.93. The maximum atomic E-state index is 13.0. The number of ether oxygens (including phenoxy) is 1. The van der Waals surface area contributed by atoms with Crippen LogP contribution >= 0.6 is 0 Å². The Morgan fingerprint density at radius 3 is 2.68 bits per heavy atom. The van der Waals surface area contributed by atoms with Crippen molar-refractivity contribution in [3.8, 4) is 5.75 Å². The van der Waals surface area contributed by atoms with Crippen molar-refractivity contribution in [3.05, 3.63) is 59.7 Å². The van der Waals surface area contributed by atoms with E-state index >= 15 is 0 Å². The van der Waals surface area contributed by atoms with Crippen LogP contribution in [0.4, 0.5) is 14.5 Å². The van der Waals surface area contributed by atoms with Crippen LogP contribution < -0.4 is 10.1 Å². The Kier molecular flexibility index (Phi) is 5.47. The summed E-state index contributed by atoms with van der Waals surface area (Å²) >= 11 is 0. The highest BCUT2D eigenvalue weighted by molar-refractivity contribution is 5.90. The summed E-state index contributed by atoms with van der Waals surface area (Å²) in [6.07, 6.45) is 0.772. The van der Waals surface area contributed by atoms with Gasteiger partial charge in [0.2, 0.25) is 5.91 Å². The molecule has 0 aromatic heterocycles. The molecule has 116 valence electrons. The zero-order valence-corrected chi connectivity index (χ0v) is 12.2. The van der Waals surface area contributed by atoms with Crippen molar-refractivity contribution >= 4 is 11.6 Å². The number of carbonyl (C=O) groups excluding carboxylic acids is 1. The normalized spacial score (nSPS) is 10.3. The Balaban J connectivity index is 1.72. The van der Waals surface area contributed by atoms with Gasteiger partial charge in [-0.05, 0) is 43.2 Å². The second-order valence-electron chi connectivity index (χ2n) is 4.95. The van der Waals surface area contributed by atoms with Crippen LogP contribution in [-0.4, -0.2) is 12.5 Å². The molecule has 2 aromatic carbocycles. The van der Waals surface area contributed by atoms with Crippen molar-refractivity contribution in [1.82, 2.24) is 0 Å². The molecule has 0 bridgehead atoms. The molecule has 0 saturated carbocycles. The molecule has 2 rings (SSSR count). The molecule has 1 N–H and O–H groups in total. The molecule has 0 aliphatic rings. The van der Waals surface area contributed by atoms with Crippen molar-refractivity contribution in [3.63, 3.8) is 0 Å². The largest absolute Gasteiger partial charge is 0.494 e. The molecular formula is C17H17F2NO2. The zero-order chi connectivity index (χ0) is 15.9. The molecule has 0 heterocycles. The maximum Gasteiger partial charge on any atom is 0.224 e. The van der Waals surface area contributed by atoms with E-state index in [0.717, 1.165) is 23.4 Å². The van der Waals surface area contributed by atoms with E-state index < -0.39 is 11.6 Å². The highest BCUT2D eigenvalue weighted by Gasteiger charge is 2.06. The standard InChI is InChI=1S/C17H17F2NO2/c1-12-4-2-5-14(10-12)22-9-3-6-17(21)20-13-7-8-15(18)16(19)11-13/h2,4-5,7-8,10-11H,3,6,9H2,1H3,(H,20,21). The Bertz CT molecular complexity index is 659. The van der Waals surface area contributed by atoms with Gasteiger partial charge in [-0.3, -0.25) is 4.79 Å². The second kappa shape index (κ2) is 7.54. The number of anilines is 1. The highest BCUT2D eigenvalue weighted by atomic mass is 19.2. The van der Waals surface area contributed by atoms with E-state index in [0.29, 0.717) is 13.0 Å². The SMILES string of the molecule is Cc1cccc(OCCCC(=O)Nc2ccc(F)c(F)c2)c1. The molecule has 5 heteroatoms. The summed E-state index contributed by atoms with van der Waals surface area (Å²) in [4.78, 5) is 11.7. The van der Waals surface area contributed by atoms with E-state index in [9.17, 15) is 13.6 Å². The van der Waals surface area contributed by atoms with Crippen molar-refractivity contribution in [2.75, 3.05) is 11.9 Å². The number of carbonyl (C=O) groups is 1. The number of halogens is 2. The molecule has 2 aromatic rings. The van der Waals surface area contributed by atoms with Gasteiger partial charge < -0.3 is 10.1 Å². The number of aryl methyl sites for hydroxylation is 1. The number of nitrogens with one attached hydrogen (secondary N) is 1. The molecule has 3 nitrogen and oxygen atoms in total. The van der Waals surface area contributed by atoms with Gasteiger partial charge in [0, 0.05) is 18.2 Å². The van der Waals surface area contributed by atoms with Gasteiger partial charge in [0.05, 0.1) is 6.61 Å². The van der Waals surface area contributed by atoms with Gasteiger partial charge in [-0.2, -0.15) is 0 Å². The van der Waals surface area contributed by atoms with E-state index in [2.05, 4.69) is 5.32 Å². The average molecular weight is 305 g/mol.